The molecule has 90 valence electrons. The molecular weight excluding hydrogens is 206 g/mol. The van der Waals surface area contributed by atoms with Crippen LogP contribution in [-0.2, 0) is 14.3 Å². The van der Waals surface area contributed by atoms with Crippen molar-refractivity contribution in [2.24, 2.45) is 0 Å². The predicted octanol–water partition coefficient (Wildman–Crippen LogP) is 1.25. The molecule has 16 heavy (non-hydrogen) atoms. The Morgan fingerprint density at radius 3 is 2.62 bits per heavy atom. The quantitative estimate of drug-likeness (QED) is 0.403. The van der Waals surface area contributed by atoms with E-state index < -0.39 is 6.10 Å². The molecule has 0 radical (unpaired) electrons. The summed E-state index contributed by atoms with van der Waals surface area (Å²) in [6.07, 6.45) is 7.53. The second-order valence-corrected chi connectivity index (χ2v) is 3.59. The molecule has 0 bridgehead atoms. The van der Waals surface area contributed by atoms with Crippen LogP contribution in [0.2, 0.25) is 0 Å². The predicted molar refractivity (Wildman–Crippen MR) is 61.5 cm³/mol. The van der Waals surface area contributed by atoms with Crippen molar-refractivity contribution in [2.45, 2.75) is 45.6 Å². The fraction of sp³-hybridized carbons (Fsp3) is 0.667. The van der Waals surface area contributed by atoms with Gasteiger partial charge in [-0.1, -0.05) is 12.3 Å². The van der Waals surface area contributed by atoms with Gasteiger partial charge in [-0.3, -0.25) is 9.59 Å². The van der Waals surface area contributed by atoms with E-state index in [1.54, 1.807) is 6.92 Å². The fourth-order valence-electron chi connectivity index (χ4n) is 1.13. The van der Waals surface area contributed by atoms with Crippen LogP contribution in [0.5, 0.6) is 0 Å². The van der Waals surface area contributed by atoms with Gasteiger partial charge < -0.3 is 10.1 Å². The average molecular weight is 225 g/mol. The molecule has 0 spiro atoms. The lowest BCUT2D eigenvalue weighted by Gasteiger charge is -2.06. The fourth-order valence-corrected chi connectivity index (χ4v) is 1.13. The third-order valence-electron chi connectivity index (χ3n) is 1.97. The molecule has 0 aliphatic rings. The van der Waals surface area contributed by atoms with Gasteiger partial charge in [0.05, 0.1) is 0 Å². The number of esters is 1. The van der Waals surface area contributed by atoms with Gasteiger partial charge in [0.2, 0.25) is 5.91 Å². The Labute approximate surface area is 96.7 Å². The summed E-state index contributed by atoms with van der Waals surface area (Å²) in [5.41, 5.74) is 0. The van der Waals surface area contributed by atoms with Crippen molar-refractivity contribution in [3.05, 3.63) is 0 Å². The Kier molecular flexibility index (Phi) is 7.96. The lowest BCUT2D eigenvalue weighted by molar-refractivity contribution is -0.145. The van der Waals surface area contributed by atoms with E-state index in [0.717, 1.165) is 19.3 Å². The van der Waals surface area contributed by atoms with Gasteiger partial charge in [-0.05, 0) is 19.8 Å². The summed E-state index contributed by atoms with van der Waals surface area (Å²) in [7, 11) is 0. The molecule has 4 nitrogen and oxygen atoms in total. The number of carbonyl (C=O) groups is 2. The van der Waals surface area contributed by atoms with Crippen LogP contribution in [-0.4, -0.2) is 24.5 Å². The van der Waals surface area contributed by atoms with E-state index in [0.29, 0.717) is 13.0 Å². The summed E-state index contributed by atoms with van der Waals surface area (Å²) < 4.78 is 4.90. The normalized spacial score (nSPS) is 11.3. The van der Waals surface area contributed by atoms with Gasteiger partial charge in [-0.15, -0.1) is 6.42 Å². The molecule has 0 aliphatic carbocycles. The highest BCUT2D eigenvalue weighted by atomic mass is 16.5. The summed E-state index contributed by atoms with van der Waals surface area (Å²) in [6.45, 7) is 3.80. The molecule has 0 saturated heterocycles. The maximum absolute atomic E-state index is 11.2. The minimum absolute atomic E-state index is 0.0257. The van der Waals surface area contributed by atoms with Crippen LogP contribution < -0.4 is 5.32 Å². The SMILES string of the molecule is C#CC(C)OC(=O)CCCCCNC(C)=O. The second kappa shape index (κ2) is 8.78. The van der Waals surface area contributed by atoms with Crippen molar-refractivity contribution in [1.29, 1.82) is 0 Å². The molecule has 0 aromatic heterocycles. The van der Waals surface area contributed by atoms with E-state index in [4.69, 9.17) is 11.2 Å². The molecule has 0 aromatic rings. The summed E-state index contributed by atoms with van der Waals surface area (Å²) in [5, 5.41) is 2.69. The standard InChI is InChI=1S/C12H19NO3/c1-4-10(2)16-12(15)8-6-5-7-9-13-11(3)14/h1,10H,5-9H2,2-3H3,(H,13,14). The number of hydrogen-bond donors (Lipinski definition) is 1. The van der Waals surface area contributed by atoms with Crippen LogP contribution in [0.4, 0.5) is 0 Å². The van der Waals surface area contributed by atoms with Crippen LogP contribution in [0.25, 0.3) is 0 Å². The van der Waals surface area contributed by atoms with Gasteiger partial charge in [-0.2, -0.15) is 0 Å². The van der Waals surface area contributed by atoms with E-state index in [-0.39, 0.29) is 11.9 Å². The van der Waals surface area contributed by atoms with Crippen molar-refractivity contribution < 1.29 is 14.3 Å². The Morgan fingerprint density at radius 2 is 2.06 bits per heavy atom. The molecule has 0 rings (SSSR count). The van der Waals surface area contributed by atoms with Crippen LogP contribution in [0.3, 0.4) is 0 Å². The number of terminal acetylenes is 1. The van der Waals surface area contributed by atoms with Crippen LogP contribution in [0.15, 0.2) is 0 Å². The highest BCUT2D eigenvalue weighted by molar-refractivity contribution is 5.72. The average Bonchev–Trinajstić information content (AvgIpc) is 2.22. The van der Waals surface area contributed by atoms with E-state index >= 15 is 0 Å². The highest BCUT2D eigenvalue weighted by Gasteiger charge is 2.05. The number of nitrogens with one attached hydrogen (secondary N) is 1. The molecule has 1 atom stereocenters. The molecule has 4 heteroatoms. The number of carbonyl (C=O) groups excluding carboxylic acids is 2. The summed E-state index contributed by atoms with van der Waals surface area (Å²) >= 11 is 0. The van der Waals surface area contributed by atoms with Gasteiger partial charge >= 0.3 is 5.97 Å². The van der Waals surface area contributed by atoms with E-state index in [9.17, 15) is 9.59 Å². The van der Waals surface area contributed by atoms with Gasteiger partial charge in [0, 0.05) is 19.9 Å². The first-order valence-corrected chi connectivity index (χ1v) is 5.46. The number of rotatable bonds is 7. The van der Waals surface area contributed by atoms with Crippen LogP contribution in [0, 0.1) is 12.3 Å². The highest BCUT2D eigenvalue weighted by Crippen LogP contribution is 2.02. The first kappa shape index (κ1) is 14.5. The topological polar surface area (TPSA) is 55.4 Å². The van der Waals surface area contributed by atoms with Crippen molar-refractivity contribution in [3.8, 4) is 12.3 Å². The third kappa shape index (κ3) is 9.07. The Balaban J connectivity index is 3.35. The molecule has 0 heterocycles. The Morgan fingerprint density at radius 1 is 1.38 bits per heavy atom. The van der Waals surface area contributed by atoms with Crippen molar-refractivity contribution in [1.82, 2.24) is 5.32 Å². The third-order valence-corrected chi connectivity index (χ3v) is 1.97. The lowest BCUT2D eigenvalue weighted by Crippen LogP contribution is -2.20. The van der Waals surface area contributed by atoms with Crippen LogP contribution >= 0.6 is 0 Å². The van der Waals surface area contributed by atoms with Gasteiger partial charge in [0.1, 0.15) is 0 Å². The number of ether oxygens (including phenoxy) is 1. The maximum atomic E-state index is 11.2. The van der Waals surface area contributed by atoms with Gasteiger partial charge in [-0.25, -0.2) is 0 Å². The van der Waals surface area contributed by atoms with Crippen LogP contribution in [0.1, 0.15) is 39.5 Å². The smallest absolute Gasteiger partial charge is 0.307 e. The summed E-state index contributed by atoms with van der Waals surface area (Å²) in [4.78, 5) is 21.7. The van der Waals surface area contributed by atoms with Gasteiger partial charge in [0.25, 0.3) is 0 Å². The summed E-state index contributed by atoms with van der Waals surface area (Å²) in [6, 6.07) is 0. The zero-order valence-corrected chi connectivity index (χ0v) is 9.91. The first-order valence-electron chi connectivity index (χ1n) is 5.46. The van der Waals surface area contributed by atoms with Crippen molar-refractivity contribution in [3.63, 3.8) is 0 Å². The minimum atomic E-state index is -0.452. The largest absolute Gasteiger partial charge is 0.449 e. The zero-order valence-electron chi connectivity index (χ0n) is 9.91. The Hall–Kier alpha value is -1.50. The maximum Gasteiger partial charge on any atom is 0.307 e. The number of amides is 1. The first-order chi connectivity index (χ1) is 7.56. The molecule has 1 N–H and O–H groups in total. The summed E-state index contributed by atoms with van der Waals surface area (Å²) in [5.74, 6) is 2.04. The molecule has 0 fully saturated rings. The monoisotopic (exact) mass is 225 g/mol. The van der Waals surface area contributed by atoms with E-state index in [1.807, 2.05) is 0 Å². The van der Waals surface area contributed by atoms with E-state index in [1.165, 1.54) is 6.92 Å². The van der Waals surface area contributed by atoms with Gasteiger partial charge in [0.15, 0.2) is 6.10 Å². The zero-order chi connectivity index (χ0) is 12.4. The number of hydrogen-bond acceptors (Lipinski definition) is 3. The van der Waals surface area contributed by atoms with Crippen molar-refractivity contribution >= 4 is 11.9 Å². The molecule has 0 aliphatic heterocycles. The minimum Gasteiger partial charge on any atom is -0.449 e. The molecule has 1 unspecified atom stereocenters. The lowest BCUT2D eigenvalue weighted by atomic mass is 10.2. The second-order valence-electron chi connectivity index (χ2n) is 3.59. The number of unbranched alkanes of at least 4 members (excludes halogenated alkanes) is 2. The van der Waals surface area contributed by atoms with Crippen molar-refractivity contribution in [2.75, 3.05) is 6.54 Å². The molecule has 1 amide bonds. The molecule has 0 saturated carbocycles. The van der Waals surface area contributed by atoms with E-state index in [2.05, 4.69) is 11.2 Å². The Bertz CT molecular complexity index is 268. The molecule has 0 aromatic carbocycles. The molecular formula is C12H19NO3.